The summed E-state index contributed by atoms with van der Waals surface area (Å²) in [7, 11) is 0. The Balaban J connectivity index is 2.31. The van der Waals surface area contributed by atoms with Crippen molar-refractivity contribution in [1.82, 2.24) is 0 Å². The molecule has 0 radical (unpaired) electrons. The van der Waals surface area contributed by atoms with Gasteiger partial charge in [0.05, 0.1) is 0 Å². The molecule has 0 atom stereocenters. The van der Waals surface area contributed by atoms with E-state index >= 15 is 0 Å². The van der Waals surface area contributed by atoms with E-state index in [1.807, 2.05) is 0 Å². The Morgan fingerprint density at radius 2 is 1.06 bits per heavy atom. The van der Waals surface area contributed by atoms with Crippen LogP contribution in [0.5, 0.6) is 0 Å². The molecular formula is C10H2Cl6N2. The normalized spacial score (nSPS) is 22.3. The molecule has 0 fully saturated rings. The Labute approximate surface area is 132 Å². The standard InChI is InChI=1S/C10H2Cl6N2/c11-7-3-1-5-4(8(12)18-9(5,13)14)2-6(3)10(15,16)17-7/h1-2H. The van der Waals surface area contributed by atoms with E-state index in [-0.39, 0.29) is 10.3 Å². The van der Waals surface area contributed by atoms with E-state index in [2.05, 4.69) is 9.98 Å². The first kappa shape index (κ1) is 13.3. The summed E-state index contributed by atoms with van der Waals surface area (Å²) in [6, 6.07) is 3.31. The summed E-state index contributed by atoms with van der Waals surface area (Å²) >= 11 is 36.2. The minimum Gasteiger partial charge on any atom is -0.229 e. The lowest BCUT2D eigenvalue weighted by Gasteiger charge is -2.15. The van der Waals surface area contributed by atoms with Gasteiger partial charge in [-0.05, 0) is 12.1 Å². The van der Waals surface area contributed by atoms with Gasteiger partial charge in [0.2, 0.25) is 8.91 Å². The van der Waals surface area contributed by atoms with E-state index < -0.39 is 8.91 Å². The highest BCUT2D eigenvalue weighted by Crippen LogP contribution is 2.50. The largest absolute Gasteiger partial charge is 0.235 e. The number of rotatable bonds is 0. The van der Waals surface area contributed by atoms with Gasteiger partial charge in [-0.25, -0.2) is 9.98 Å². The smallest absolute Gasteiger partial charge is 0.229 e. The van der Waals surface area contributed by atoms with Crippen LogP contribution in [0.2, 0.25) is 0 Å². The molecule has 2 nitrogen and oxygen atoms in total. The van der Waals surface area contributed by atoms with Gasteiger partial charge in [-0.1, -0.05) is 69.6 Å². The average molecular weight is 363 g/mol. The van der Waals surface area contributed by atoms with Crippen molar-refractivity contribution >= 4 is 79.9 Å². The van der Waals surface area contributed by atoms with Gasteiger partial charge in [-0.3, -0.25) is 0 Å². The van der Waals surface area contributed by atoms with Gasteiger partial charge in [-0.15, -0.1) is 0 Å². The molecule has 2 aliphatic heterocycles. The first-order chi connectivity index (χ1) is 8.22. The minimum atomic E-state index is -1.43. The number of hydrogen-bond acceptors (Lipinski definition) is 2. The lowest BCUT2D eigenvalue weighted by molar-refractivity contribution is 0.930. The van der Waals surface area contributed by atoms with E-state index in [1.165, 1.54) is 0 Å². The summed E-state index contributed by atoms with van der Waals surface area (Å²) in [5, 5.41) is 0.398. The molecule has 2 heterocycles. The van der Waals surface area contributed by atoms with E-state index in [9.17, 15) is 0 Å². The molecular weight excluding hydrogens is 361 g/mol. The van der Waals surface area contributed by atoms with Crippen molar-refractivity contribution in [2.75, 3.05) is 0 Å². The summed E-state index contributed by atoms with van der Waals surface area (Å²) in [6.45, 7) is 0. The second kappa shape index (κ2) is 3.91. The molecule has 18 heavy (non-hydrogen) atoms. The molecule has 0 aromatic heterocycles. The number of aliphatic imine (C=N–C) groups is 2. The number of alkyl halides is 4. The van der Waals surface area contributed by atoms with Crippen LogP contribution in [0.1, 0.15) is 22.3 Å². The minimum absolute atomic E-state index is 0.199. The van der Waals surface area contributed by atoms with Gasteiger partial charge in [0.15, 0.2) is 0 Å². The molecule has 0 unspecified atom stereocenters. The number of fused-ring (bicyclic) bond motifs is 2. The first-order valence-electron chi connectivity index (χ1n) is 4.68. The van der Waals surface area contributed by atoms with Crippen LogP contribution < -0.4 is 0 Å². The predicted octanol–water partition coefficient (Wildman–Crippen LogP) is 4.86. The Kier molecular flexibility index (Phi) is 2.88. The highest BCUT2D eigenvalue weighted by atomic mass is 35.5. The highest BCUT2D eigenvalue weighted by Gasteiger charge is 2.42. The first-order valence-corrected chi connectivity index (χ1v) is 6.95. The predicted molar refractivity (Wildman–Crippen MR) is 78.0 cm³/mol. The SMILES string of the molecule is ClC1=NC(Cl)(Cl)c2cc3c(cc21)C(Cl)(Cl)N=C3Cl. The molecule has 0 N–H and O–H groups in total. The van der Waals surface area contributed by atoms with Crippen LogP contribution in [0.15, 0.2) is 22.1 Å². The molecule has 1 aromatic rings. The molecule has 0 bridgehead atoms. The zero-order valence-electron chi connectivity index (χ0n) is 8.32. The molecule has 8 heteroatoms. The fourth-order valence-corrected chi connectivity index (χ4v) is 3.63. The molecule has 0 saturated carbocycles. The third-order valence-corrected chi connectivity index (χ3v) is 4.46. The van der Waals surface area contributed by atoms with Crippen LogP contribution in [0.3, 0.4) is 0 Å². The molecule has 2 aliphatic rings. The summed E-state index contributed by atoms with van der Waals surface area (Å²) < 4.78 is -2.86. The van der Waals surface area contributed by atoms with Crippen molar-refractivity contribution in [1.29, 1.82) is 0 Å². The van der Waals surface area contributed by atoms with Crippen LogP contribution in [0.25, 0.3) is 0 Å². The Morgan fingerprint density at radius 3 is 1.39 bits per heavy atom. The van der Waals surface area contributed by atoms with Crippen molar-refractivity contribution < 1.29 is 0 Å². The van der Waals surface area contributed by atoms with E-state index in [1.54, 1.807) is 12.1 Å². The van der Waals surface area contributed by atoms with E-state index in [0.717, 1.165) is 0 Å². The second-order valence-electron chi connectivity index (χ2n) is 3.83. The van der Waals surface area contributed by atoms with Crippen molar-refractivity contribution in [3.8, 4) is 0 Å². The van der Waals surface area contributed by atoms with Crippen LogP contribution in [-0.4, -0.2) is 10.3 Å². The van der Waals surface area contributed by atoms with Crippen LogP contribution in [0, 0.1) is 0 Å². The Morgan fingerprint density at radius 1 is 0.722 bits per heavy atom. The Bertz CT molecular complexity index is 576. The lowest BCUT2D eigenvalue weighted by Crippen LogP contribution is -2.08. The fourth-order valence-electron chi connectivity index (χ4n) is 1.93. The number of halogens is 6. The van der Waals surface area contributed by atoms with Crippen LogP contribution in [0.4, 0.5) is 0 Å². The van der Waals surface area contributed by atoms with E-state index in [0.29, 0.717) is 22.3 Å². The summed E-state index contributed by atoms with van der Waals surface area (Å²) in [5.41, 5.74) is 2.23. The third kappa shape index (κ3) is 1.78. The molecule has 1 aromatic carbocycles. The monoisotopic (exact) mass is 360 g/mol. The zero-order chi connectivity index (χ0) is 13.3. The van der Waals surface area contributed by atoms with E-state index in [4.69, 9.17) is 69.6 Å². The van der Waals surface area contributed by atoms with Gasteiger partial charge in [-0.2, -0.15) is 0 Å². The van der Waals surface area contributed by atoms with Crippen molar-refractivity contribution in [3.63, 3.8) is 0 Å². The highest BCUT2D eigenvalue weighted by molar-refractivity contribution is 6.73. The number of hydrogen-bond donors (Lipinski definition) is 0. The summed E-state index contributed by atoms with van der Waals surface area (Å²) in [4.78, 5) is 7.89. The van der Waals surface area contributed by atoms with Gasteiger partial charge in [0.1, 0.15) is 10.3 Å². The molecule has 0 spiro atoms. The van der Waals surface area contributed by atoms with Gasteiger partial charge < -0.3 is 0 Å². The van der Waals surface area contributed by atoms with Gasteiger partial charge >= 0.3 is 0 Å². The molecule has 0 saturated heterocycles. The fraction of sp³-hybridized carbons (Fsp3) is 0.200. The quantitative estimate of drug-likeness (QED) is 0.465. The molecule has 94 valence electrons. The summed E-state index contributed by atoms with van der Waals surface area (Å²) in [5.74, 6) is 0. The van der Waals surface area contributed by atoms with Crippen LogP contribution in [-0.2, 0) is 8.91 Å². The number of benzene rings is 1. The maximum Gasteiger partial charge on any atom is 0.235 e. The molecule has 3 rings (SSSR count). The maximum atomic E-state index is 6.06. The molecule has 0 amide bonds. The molecule has 0 aliphatic carbocycles. The third-order valence-electron chi connectivity index (χ3n) is 2.73. The van der Waals surface area contributed by atoms with Crippen LogP contribution >= 0.6 is 69.6 Å². The Hall–Kier alpha value is 0.300. The summed E-state index contributed by atoms with van der Waals surface area (Å²) in [6.07, 6.45) is 0. The number of nitrogens with zero attached hydrogens (tertiary/aromatic N) is 2. The zero-order valence-corrected chi connectivity index (χ0v) is 12.9. The lowest BCUT2D eigenvalue weighted by atomic mass is 10.0. The van der Waals surface area contributed by atoms with Gasteiger partial charge in [0.25, 0.3) is 0 Å². The van der Waals surface area contributed by atoms with Crippen molar-refractivity contribution in [3.05, 3.63) is 34.4 Å². The van der Waals surface area contributed by atoms with Crippen molar-refractivity contribution in [2.45, 2.75) is 8.91 Å². The van der Waals surface area contributed by atoms with Gasteiger partial charge in [0, 0.05) is 22.3 Å². The topological polar surface area (TPSA) is 24.7 Å². The second-order valence-corrected chi connectivity index (χ2v) is 7.12. The average Bonchev–Trinajstić information content (AvgIpc) is 2.59. The van der Waals surface area contributed by atoms with Crippen molar-refractivity contribution in [2.24, 2.45) is 9.98 Å². The maximum absolute atomic E-state index is 6.06.